The number of fused-ring (bicyclic) bond motifs is 1. The average molecular weight is 503 g/mol. The van der Waals surface area contributed by atoms with Crippen LogP contribution in [0.2, 0.25) is 0 Å². The SMILES string of the molecule is CC(C)N1Cc2ccc(C(=O)NCc3c(F)cc(F)cc3F)cc2N(Cc2cc(F)cc(F)c2)C1=O. The van der Waals surface area contributed by atoms with Gasteiger partial charge in [0.05, 0.1) is 12.2 Å². The molecule has 1 N–H and O–H groups in total. The molecule has 0 atom stereocenters. The van der Waals surface area contributed by atoms with Crippen molar-refractivity contribution in [2.75, 3.05) is 4.90 Å². The Bertz CT molecular complexity index is 1300. The van der Waals surface area contributed by atoms with Crippen molar-refractivity contribution in [1.29, 1.82) is 0 Å². The monoisotopic (exact) mass is 503 g/mol. The molecule has 1 heterocycles. The molecule has 3 amide bonds. The highest BCUT2D eigenvalue weighted by atomic mass is 19.2. The smallest absolute Gasteiger partial charge is 0.325 e. The number of amides is 3. The molecular formula is C26H22F5N3O2. The molecule has 3 aromatic rings. The van der Waals surface area contributed by atoms with Crippen molar-refractivity contribution < 1.29 is 31.5 Å². The first-order valence-electron chi connectivity index (χ1n) is 11.1. The molecule has 0 spiro atoms. The fourth-order valence-electron chi connectivity index (χ4n) is 4.05. The molecule has 10 heteroatoms. The van der Waals surface area contributed by atoms with Crippen molar-refractivity contribution in [3.05, 3.63) is 99.9 Å². The minimum Gasteiger partial charge on any atom is -0.348 e. The Hall–Kier alpha value is -3.95. The molecule has 0 aromatic heterocycles. The summed E-state index contributed by atoms with van der Waals surface area (Å²) in [6, 6.07) is 8.00. The Balaban J connectivity index is 1.63. The minimum absolute atomic E-state index is 0.0953. The Kier molecular flexibility index (Phi) is 6.96. The zero-order valence-corrected chi connectivity index (χ0v) is 19.4. The van der Waals surface area contributed by atoms with Crippen LogP contribution in [0, 0.1) is 29.1 Å². The largest absolute Gasteiger partial charge is 0.348 e. The highest BCUT2D eigenvalue weighted by Crippen LogP contribution is 2.32. The van der Waals surface area contributed by atoms with Crippen LogP contribution in [0.4, 0.5) is 32.4 Å². The molecule has 1 aliphatic rings. The van der Waals surface area contributed by atoms with Gasteiger partial charge in [-0.1, -0.05) is 6.07 Å². The lowest BCUT2D eigenvalue weighted by Crippen LogP contribution is -2.49. The number of rotatable bonds is 6. The summed E-state index contributed by atoms with van der Waals surface area (Å²) in [5, 5.41) is 2.39. The third-order valence-corrected chi connectivity index (χ3v) is 5.87. The second kappa shape index (κ2) is 9.96. The molecular weight excluding hydrogens is 481 g/mol. The first kappa shape index (κ1) is 25.2. The van der Waals surface area contributed by atoms with Gasteiger partial charge in [-0.05, 0) is 49.2 Å². The van der Waals surface area contributed by atoms with E-state index < -0.39 is 53.1 Å². The van der Waals surface area contributed by atoms with Crippen LogP contribution in [-0.2, 0) is 19.6 Å². The van der Waals surface area contributed by atoms with Crippen molar-refractivity contribution in [3.63, 3.8) is 0 Å². The number of hydrogen-bond acceptors (Lipinski definition) is 2. The summed E-state index contributed by atoms with van der Waals surface area (Å²) in [6.07, 6.45) is 0. The summed E-state index contributed by atoms with van der Waals surface area (Å²) in [6.45, 7) is 3.24. The molecule has 3 aromatic carbocycles. The Morgan fingerprint density at radius 1 is 0.917 bits per heavy atom. The van der Waals surface area contributed by atoms with Crippen LogP contribution in [0.15, 0.2) is 48.5 Å². The van der Waals surface area contributed by atoms with Crippen molar-refractivity contribution in [3.8, 4) is 0 Å². The maximum Gasteiger partial charge on any atom is 0.325 e. The number of halogens is 5. The lowest BCUT2D eigenvalue weighted by atomic mass is 10.0. The van der Waals surface area contributed by atoms with Gasteiger partial charge in [0, 0.05) is 48.5 Å². The van der Waals surface area contributed by atoms with E-state index >= 15 is 0 Å². The molecule has 0 bridgehead atoms. The molecule has 1 aliphatic heterocycles. The molecule has 5 nitrogen and oxygen atoms in total. The molecule has 188 valence electrons. The van der Waals surface area contributed by atoms with Gasteiger partial charge in [-0.2, -0.15) is 0 Å². The zero-order chi connectivity index (χ0) is 26.1. The number of carbonyl (C=O) groups is 2. The van der Waals surface area contributed by atoms with E-state index in [2.05, 4.69) is 5.32 Å². The molecule has 0 saturated carbocycles. The Morgan fingerprint density at radius 3 is 2.14 bits per heavy atom. The van der Waals surface area contributed by atoms with Gasteiger partial charge in [0.15, 0.2) is 0 Å². The summed E-state index contributed by atoms with van der Waals surface area (Å²) in [5.41, 5.74) is 0.883. The van der Waals surface area contributed by atoms with Crippen molar-refractivity contribution in [1.82, 2.24) is 10.2 Å². The number of anilines is 1. The van der Waals surface area contributed by atoms with Crippen LogP contribution in [0.3, 0.4) is 0 Å². The van der Waals surface area contributed by atoms with Gasteiger partial charge in [0.2, 0.25) is 0 Å². The van der Waals surface area contributed by atoms with E-state index in [1.54, 1.807) is 11.0 Å². The first-order chi connectivity index (χ1) is 17.0. The average Bonchev–Trinajstić information content (AvgIpc) is 2.78. The predicted molar refractivity (Wildman–Crippen MR) is 123 cm³/mol. The van der Waals surface area contributed by atoms with Crippen molar-refractivity contribution in [2.45, 2.75) is 39.5 Å². The van der Waals surface area contributed by atoms with Crippen LogP contribution in [0.25, 0.3) is 0 Å². The number of nitrogens with one attached hydrogen (secondary N) is 1. The lowest BCUT2D eigenvalue weighted by molar-refractivity contribution is 0.0950. The van der Waals surface area contributed by atoms with E-state index in [1.165, 1.54) is 17.0 Å². The topological polar surface area (TPSA) is 52.7 Å². The quantitative estimate of drug-likeness (QED) is 0.442. The van der Waals surface area contributed by atoms with Gasteiger partial charge in [0.1, 0.15) is 29.1 Å². The van der Waals surface area contributed by atoms with E-state index in [9.17, 15) is 31.5 Å². The number of nitrogens with zero attached hydrogens (tertiary/aromatic N) is 2. The van der Waals surface area contributed by atoms with Gasteiger partial charge < -0.3 is 10.2 Å². The second-order valence-electron chi connectivity index (χ2n) is 8.74. The van der Waals surface area contributed by atoms with Gasteiger partial charge >= 0.3 is 6.03 Å². The van der Waals surface area contributed by atoms with E-state index in [0.29, 0.717) is 23.4 Å². The number of carbonyl (C=O) groups excluding carboxylic acids is 2. The summed E-state index contributed by atoms with van der Waals surface area (Å²) in [4.78, 5) is 28.9. The third-order valence-electron chi connectivity index (χ3n) is 5.87. The van der Waals surface area contributed by atoms with Crippen LogP contribution in [0.5, 0.6) is 0 Å². The third kappa shape index (κ3) is 5.17. The maximum absolute atomic E-state index is 13.9. The normalized spacial score (nSPS) is 13.3. The van der Waals surface area contributed by atoms with E-state index in [1.807, 2.05) is 13.8 Å². The molecule has 36 heavy (non-hydrogen) atoms. The van der Waals surface area contributed by atoms with Crippen LogP contribution >= 0.6 is 0 Å². The van der Waals surface area contributed by atoms with E-state index in [4.69, 9.17) is 0 Å². The molecule has 0 fully saturated rings. The number of benzene rings is 3. The van der Waals surface area contributed by atoms with Gasteiger partial charge in [0.25, 0.3) is 5.91 Å². The van der Waals surface area contributed by atoms with Crippen molar-refractivity contribution >= 4 is 17.6 Å². The highest BCUT2D eigenvalue weighted by molar-refractivity contribution is 5.99. The molecule has 0 aliphatic carbocycles. The van der Waals surface area contributed by atoms with Crippen LogP contribution in [-0.4, -0.2) is 22.9 Å². The lowest BCUT2D eigenvalue weighted by Gasteiger charge is -2.39. The fraction of sp³-hybridized carbons (Fsp3) is 0.231. The van der Waals surface area contributed by atoms with Gasteiger partial charge in [-0.15, -0.1) is 0 Å². The van der Waals surface area contributed by atoms with Crippen molar-refractivity contribution in [2.24, 2.45) is 0 Å². The number of urea groups is 1. The fourth-order valence-corrected chi connectivity index (χ4v) is 4.05. The van der Waals surface area contributed by atoms with E-state index in [0.717, 1.165) is 18.2 Å². The maximum atomic E-state index is 13.9. The predicted octanol–water partition coefficient (Wildman–Crippen LogP) is 5.66. The summed E-state index contributed by atoms with van der Waals surface area (Å²) in [5.74, 6) is -5.60. The summed E-state index contributed by atoms with van der Waals surface area (Å²) in [7, 11) is 0. The summed E-state index contributed by atoms with van der Waals surface area (Å²) >= 11 is 0. The highest BCUT2D eigenvalue weighted by Gasteiger charge is 2.32. The second-order valence-corrected chi connectivity index (χ2v) is 8.74. The van der Waals surface area contributed by atoms with E-state index in [-0.39, 0.29) is 30.3 Å². The molecule has 4 rings (SSSR count). The molecule has 0 unspecified atom stereocenters. The number of hydrogen-bond donors (Lipinski definition) is 1. The molecule has 0 radical (unpaired) electrons. The Labute approximate surface area is 204 Å². The summed E-state index contributed by atoms with van der Waals surface area (Å²) < 4.78 is 68.5. The molecule has 0 saturated heterocycles. The van der Waals surface area contributed by atoms with Gasteiger partial charge in [-0.3, -0.25) is 9.69 Å². The van der Waals surface area contributed by atoms with Crippen LogP contribution < -0.4 is 10.2 Å². The van der Waals surface area contributed by atoms with Gasteiger partial charge in [-0.25, -0.2) is 26.7 Å². The first-order valence-corrected chi connectivity index (χ1v) is 11.1. The zero-order valence-electron chi connectivity index (χ0n) is 19.4. The standard InChI is InChI=1S/C26H22F5N3O2/c1-14(2)33-13-17-4-3-16(25(35)32-11-21-22(30)9-20(29)10-23(21)31)7-24(17)34(26(33)36)12-15-5-18(27)8-19(28)6-15/h3-10,14H,11-13H2,1-2H3,(H,32,35). The van der Waals surface area contributed by atoms with Crippen LogP contribution in [0.1, 0.15) is 40.9 Å². The Morgan fingerprint density at radius 2 is 1.53 bits per heavy atom. The minimum atomic E-state index is -1.13.